The number of carbonyl (C=O) groups is 1. The maximum Gasteiger partial charge on any atom is 0.243 e. The molecular formula is C19H24N2O3S2. The highest BCUT2D eigenvalue weighted by Gasteiger charge is 2.30. The van der Waals surface area contributed by atoms with Crippen LogP contribution in [-0.4, -0.2) is 49.7 Å². The Balaban J connectivity index is 1.58. The molecule has 0 unspecified atom stereocenters. The van der Waals surface area contributed by atoms with E-state index in [9.17, 15) is 13.2 Å². The average molecular weight is 393 g/mol. The average Bonchev–Trinajstić information content (AvgIpc) is 3.15. The molecule has 0 spiro atoms. The molecule has 0 bridgehead atoms. The molecule has 7 heteroatoms. The first-order chi connectivity index (χ1) is 12.4. The summed E-state index contributed by atoms with van der Waals surface area (Å²) in [6, 6.07) is 7.26. The number of hydrogen-bond acceptors (Lipinski definition) is 4. The first kappa shape index (κ1) is 19.1. The van der Waals surface area contributed by atoms with Crippen LogP contribution in [0.4, 0.5) is 0 Å². The van der Waals surface area contributed by atoms with Gasteiger partial charge in [-0.05, 0) is 65.9 Å². The third-order valence-electron chi connectivity index (χ3n) is 4.92. The van der Waals surface area contributed by atoms with Gasteiger partial charge in [0, 0.05) is 32.6 Å². The van der Waals surface area contributed by atoms with Crippen molar-refractivity contribution in [2.45, 2.75) is 31.6 Å². The minimum atomic E-state index is -3.50. The van der Waals surface area contributed by atoms with Crippen molar-refractivity contribution in [3.8, 4) is 0 Å². The summed E-state index contributed by atoms with van der Waals surface area (Å²) in [5.41, 5.74) is 3.22. The van der Waals surface area contributed by atoms with E-state index in [4.69, 9.17) is 0 Å². The van der Waals surface area contributed by atoms with Crippen molar-refractivity contribution in [2.75, 3.05) is 26.2 Å². The quantitative estimate of drug-likeness (QED) is 0.786. The minimum absolute atomic E-state index is 0.0967. The number of benzene rings is 1. The zero-order valence-electron chi connectivity index (χ0n) is 15.1. The highest BCUT2D eigenvalue weighted by Crippen LogP contribution is 2.21. The number of amides is 1. The number of carbonyl (C=O) groups excluding carboxylic acids is 1. The van der Waals surface area contributed by atoms with E-state index in [1.165, 1.54) is 9.87 Å². The van der Waals surface area contributed by atoms with Crippen LogP contribution < -0.4 is 0 Å². The number of rotatable bonds is 5. The van der Waals surface area contributed by atoms with E-state index >= 15 is 0 Å². The van der Waals surface area contributed by atoms with E-state index in [0.29, 0.717) is 37.5 Å². The first-order valence-corrected chi connectivity index (χ1v) is 11.1. The molecule has 1 amide bonds. The van der Waals surface area contributed by atoms with E-state index in [1.54, 1.807) is 28.4 Å². The molecular weight excluding hydrogens is 368 g/mol. The summed E-state index contributed by atoms with van der Waals surface area (Å²) in [4.78, 5) is 14.5. The largest absolute Gasteiger partial charge is 0.340 e. The topological polar surface area (TPSA) is 57.7 Å². The summed E-state index contributed by atoms with van der Waals surface area (Å²) in [5.74, 6) is 0.0967. The highest BCUT2D eigenvalue weighted by atomic mass is 32.2. The Morgan fingerprint density at radius 2 is 1.81 bits per heavy atom. The van der Waals surface area contributed by atoms with Crippen molar-refractivity contribution in [2.24, 2.45) is 0 Å². The highest BCUT2D eigenvalue weighted by molar-refractivity contribution is 7.89. The van der Waals surface area contributed by atoms with Gasteiger partial charge in [0.2, 0.25) is 15.9 Å². The summed E-state index contributed by atoms with van der Waals surface area (Å²) >= 11 is 1.63. The molecule has 1 aliphatic heterocycles. The second-order valence-corrected chi connectivity index (χ2v) is 9.38. The molecule has 1 fully saturated rings. The van der Waals surface area contributed by atoms with Gasteiger partial charge in [-0.2, -0.15) is 15.6 Å². The normalized spacial score (nSPS) is 16.0. The molecule has 1 aromatic carbocycles. The summed E-state index contributed by atoms with van der Waals surface area (Å²) < 4.78 is 27.1. The molecule has 0 N–H and O–H groups in total. The lowest BCUT2D eigenvalue weighted by atomic mass is 10.1. The Morgan fingerprint density at radius 1 is 1.08 bits per heavy atom. The predicted molar refractivity (Wildman–Crippen MR) is 104 cm³/mol. The van der Waals surface area contributed by atoms with Gasteiger partial charge in [-0.1, -0.05) is 6.07 Å². The third kappa shape index (κ3) is 4.16. The van der Waals surface area contributed by atoms with Crippen LogP contribution in [0.25, 0.3) is 0 Å². The van der Waals surface area contributed by atoms with Crippen molar-refractivity contribution < 1.29 is 13.2 Å². The molecule has 5 nitrogen and oxygen atoms in total. The van der Waals surface area contributed by atoms with Crippen molar-refractivity contribution in [3.63, 3.8) is 0 Å². The summed E-state index contributed by atoms with van der Waals surface area (Å²) in [5, 5.41) is 4.07. The molecule has 1 aliphatic rings. The first-order valence-electron chi connectivity index (χ1n) is 8.74. The van der Waals surface area contributed by atoms with E-state index < -0.39 is 10.0 Å². The number of thiophene rings is 1. The van der Waals surface area contributed by atoms with Gasteiger partial charge in [-0.25, -0.2) is 8.42 Å². The number of nitrogens with zero attached hydrogens (tertiary/aromatic N) is 2. The number of aryl methyl sites for hydroxylation is 3. The summed E-state index contributed by atoms with van der Waals surface area (Å²) in [6.07, 6.45) is 1.21. The van der Waals surface area contributed by atoms with E-state index in [2.05, 4.69) is 5.38 Å². The van der Waals surface area contributed by atoms with Crippen LogP contribution in [-0.2, 0) is 21.2 Å². The lowest BCUT2D eigenvalue weighted by molar-refractivity contribution is -0.132. The molecule has 0 radical (unpaired) electrons. The van der Waals surface area contributed by atoms with E-state index in [1.807, 2.05) is 31.4 Å². The SMILES string of the molecule is Cc1ccc(S(=O)(=O)N2CCN(C(=O)CCc3ccsc3)CC2)cc1C. The van der Waals surface area contributed by atoms with Crippen molar-refractivity contribution in [1.82, 2.24) is 9.21 Å². The standard InChI is InChI=1S/C19H24N2O3S2/c1-15-3-5-18(13-16(15)2)26(23,24)21-10-8-20(9-11-21)19(22)6-4-17-7-12-25-14-17/h3,5,7,12-14H,4,6,8-11H2,1-2H3. The lowest BCUT2D eigenvalue weighted by Crippen LogP contribution is -2.50. The second-order valence-electron chi connectivity index (χ2n) is 6.66. The molecule has 26 heavy (non-hydrogen) atoms. The van der Waals surface area contributed by atoms with Crippen LogP contribution in [0.2, 0.25) is 0 Å². The van der Waals surface area contributed by atoms with Crippen LogP contribution in [0.15, 0.2) is 39.9 Å². The van der Waals surface area contributed by atoms with Gasteiger partial charge in [0.25, 0.3) is 0 Å². The van der Waals surface area contributed by atoms with Gasteiger partial charge < -0.3 is 4.90 Å². The third-order valence-corrected chi connectivity index (χ3v) is 7.54. The Kier molecular flexibility index (Phi) is 5.79. The van der Waals surface area contributed by atoms with Crippen LogP contribution in [0.5, 0.6) is 0 Å². The van der Waals surface area contributed by atoms with Crippen molar-refractivity contribution >= 4 is 27.3 Å². The molecule has 1 saturated heterocycles. The van der Waals surface area contributed by atoms with Crippen molar-refractivity contribution in [3.05, 3.63) is 51.7 Å². The molecule has 1 aromatic heterocycles. The van der Waals surface area contributed by atoms with Gasteiger partial charge in [-0.15, -0.1) is 0 Å². The number of piperazine rings is 1. The van der Waals surface area contributed by atoms with Gasteiger partial charge in [0.05, 0.1) is 4.90 Å². The van der Waals surface area contributed by atoms with Crippen LogP contribution in [0.1, 0.15) is 23.1 Å². The summed E-state index contributed by atoms with van der Waals surface area (Å²) in [6.45, 7) is 5.47. The molecule has 3 rings (SSSR count). The van der Waals surface area contributed by atoms with Crippen molar-refractivity contribution in [1.29, 1.82) is 0 Å². The molecule has 0 atom stereocenters. The Bertz CT molecular complexity index is 868. The van der Waals surface area contributed by atoms with Crippen LogP contribution in [0, 0.1) is 13.8 Å². The summed E-state index contributed by atoms with van der Waals surface area (Å²) in [7, 11) is -3.50. The second kappa shape index (κ2) is 7.90. The van der Waals surface area contributed by atoms with Gasteiger partial charge >= 0.3 is 0 Å². The molecule has 140 valence electrons. The van der Waals surface area contributed by atoms with E-state index in [-0.39, 0.29) is 5.91 Å². The zero-order valence-corrected chi connectivity index (χ0v) is 16.8. The number of sulfonamides is 1. The Morgan fingerprint density at radius 3 is 2.42 bits per heavy atom. The maximum absolute atomic E-state index is 12.8. The number of hydrogen-bond donors (Lipinski definition) is 0. The minimum Gasteiger partial charge on any atom is -0.340 e. The Labute approximate surface area is 159 Å². The van der Waals surface area contributed by atoms with Crippen LogP contribution in [0.3, 0.4) is 0 Å². The molecule has 2 heterocycles. The fraction of sp³-hybridized carbons (Fsp3) is 0.421. The lowest BCUT2D eigenvalue weighted by Gasteiger charge is -2.34. The molecule has 0 saturated carbocycles. The maximum atomic E-state index is 12.8. The molecule has 2 aromatic rings. The predicted octanol–water partition coefficient (Wildman–Crippen LogP) is 2.83. The monoisotopic (exact) mass is 392 g/mol. The van der Waals surface area contributed by atoms with E-state index in [0.717, 1.165) is 17.5 Å². The van der Waals surface area contributed by atoms with Gasteiger partial charge in [-0.3, -0.25) is 4.79 Å². The Hall–Kier alpha value is -1.70. The molecule has 0 aliphatic carbocycles. The van der Waals surface area contributed by atoms with Crippen LogP contribution >= 0.6 is 11.3 Å². The fourth-order valence-corrected chi connectivity index (χ4v) is 5.26. The zero-order chi connectivity index (χ0) is 18.7. The van der Waals surface area contributed by atoms with Gasteiger partial charge in [0.15, 0.2) is 0 Å². The fourth-order valence-electron chi connectivity index (χ4n) is 3.05. The van der Waals surface area contributed by atoms with Gasteiger partial charge in [0.1, 0.15) is 0 Å². The smallest absolute Gasteiger partial charge is 0.243 e.